The number of carbonyl (C=O) groups is 1. The molecule has 0 spiro atoms. The molecule has 3 aromatic heterocycles. The van der Waals surface area contributed by atoms with Crippen LogP contribution in [-0.4, -0.2) is 41.6 Å². The first-order valence-corrected chi connectivity index (χ1v) is 11.7. The standard InChI is InChI=1S/C24H19F4N7O2/c25-14-7-5-13(6-8-14)24(12-3-4-12)17-19(34-22(24)37)32-18(33-21(17)36)16-10-35-20(29-11-30-35)15(31-16)2-1-9-23(26,27)28/h5-8,10-12H,1-4,9H2,(H2,32,33,34,36,37). The van der Waals surface area contributed by atoms with Crippen molar-refractivity contribution >= 4 is 17.4 Å². The van der Waals surface area contributed by atoms with Gasteiger partial charge in [0.2, 0.25) is 5.91 Å². The Kier molecular flexibility index (Phi) is 5.14. The summed E-state index contributed by atoms with van der Waals surface area (Å²) < 4.78 is 53.0. The number of nitrogens with zero attached hydrogens (tertiary/aromatic N) is 5. The van der Waals surface area contributed by atoms with E-state index in [0.717, 1.165) is 12.8 Å². The average Bonchev–Trinajstić information content (AvgIpc) is 3.49. The van der Waals surface area contributed by atoms with Gasteiger partial charge in [0, 0.05) is 6.42 Å². The van der Waals surface area contributed by atoms with Crippen molar-refractivity contribution in [3.05, 3.63) is 69.8 Å². The van der Waals surface area contributed by atoms with Crippen LogP contribution in [0.25, 0.3) is 17.2 Å². The minimum atomic E-state index is -4.30. The molecule has 1 fully saturated rings. The molecule has 13 heteroatoms. The number of halogens is 4. The van der Waals surface area contributed by atoms with Gasteiger partial charge >= 0.3 is 6.18 Å². The van der Waals surface area contributed by atoms with Gasteiger partial charge in [0.25, 0.3) is 5.56 Å². The highest BCUT2D eigenvalue weighted by molar-refractivity contribution is 6.08. The zero-order chi connectivity index (χ0) is 25.9. The maximum Gasteiger partial charge on any atom is 0.389 e. The van der Waals surface area contributed by atoms with E-state index in [1.54, 1.807) is 0 Å². The summed E-state index contributed by atoms with van der Waals surface area (Å²) in [5.74, 6) is -0.934. The number of aromatic amines is 1. The van der Waals surface area contributed by atoms with Gasteiger partial charge in [-0.05, 0) is 49.3 Å². The van der Waals surface area contributed by atoms with Gasteiger partial charge in [-0.3, -0.25) is 9.59 Å². The summed E-state index contributed by atoms with van der Waals surface area (Å²) in [4.78, 5) is 42.5. The Balaban J connectivity index is 1.44. The normalized spacial score (nSPS) is 19.3. The number of fused-ring (bicyclic) bond motifs is 2. The summed E-state index contributed by atoms with van der Waals surface area (Å²) >= 11 is 0. The predicted molar refractivity (Wildman–Crippen MR) is 122 cm³/mol. The zero-order valence-corrected chi connectivity index (χ0v) is 19.1. The Hall–Kier alpha value is -4.16. The van der Waals surface area contributed by atoms with Crippen LogP contribution in [0.15, 0.2) is 41.6 Å². The lowest BCUT2D eigenvalue weighted by Crippen LogP contribution is -2.41. The maximum absolute atomic E-state index is 13.6. The number of alkyl halides is 3. The molecular formula is C24H19F4N7O2. The summed E-state index contributed by atoms with van der Waals surface area (Å²) in [5, 5.41) is 6.77. The minimum Gasteiger partial charge on any atom is -0.309 e. The lowest BCUT2D eigenvalue weighted by molar-refractivity contribution is -0.135. The number of nitrogens with one attached hydrogen (secondary N) is 2. The molecule has 1 unspecified atom stereocenters. The fourth-order valence-corrected chi connectivity index (χ4v) is 5.13. The first kappa shape index (κ1) is 23.3. The highest BCUT2D eigenvalue weighted by Crippen LogP contribution is 2.55. The van der Waals surface area contributed by atoms with Crippen LogP contribution in [0.4, 0.5) is 23.4 Å². The third-order valence-corrected chi connectivity index (χ3v) is 6.84. The van der Waals surface area contributed by atoms with E-state index in [4.69, 9.17) is 0 Å². The smallest absolute Gasteiger partial charge is 0.309 e. The minimum absolute atomic E-state index is 0.0171. The van der Waals surface area contributed by atoms with Crippen LogP contribution < -0.4 is 10.9 Å². The van der Waals surface area contributed by atoms with Crippen molar-refractivity contribution in [1.29, 1.82) is 0 Å². The summed E-state index contributed by atoms with van der Waals surface area (Å²) in [7, 11) is 0. The summed E-state index contributed by atoms with van der Waals surface area (Å²) in [6.07, 6.45) is -1.36. The highest BCUT2D eigenvalue weighted by Gasteiger charge is 2.59. The second-order valence-corrected chi connectivity index (χ2v) is 9.25. The third kappa shape index (κ3) is 3.85. The van der Waals surface area contributed by atoms with E-state index in [9.17, 15) is 27.2 Å². The Labute approximate surface area is 206 Å². The lowest BCUT2D eigenvalue weighted by Gasteiger charge is -2.27. The number of rotatable bonds is 6. The number of hydrogen-bond acceptors (Lipinski definition) is 6. The van der Waals surface area contributed by atoms with Crippen LogP contribution in [0, 0.1) is 11.7 Å². The van der Waals surface area contributed by atoms with Crippen LogP contribution >= 0.6 is 0 Å². The topological polar surface area (TPSA) is 118 Å². The third-order valence-electron chi connectivity index (χ3n) is 6.84. The highest BCUT2D eigenvalue weighted by atomic mass is 19.4. The number of amides is 1. The van der Waals surface area contributed by atoms with E-state index < -0.39 is 35.3 Å². The van der Waals surface area contributed by atoms with Gasteiger partial charge < -0.3 is 10.3 Å². The Bertz CT molecular complexity index is 1590. The fraction of sp³-hybridized carbons (Fsp3) is 0.333. The van der Waals surface area contributed by atoms with E-state index in [1.165, 1.54) is 41.3 Å². The molecule has 0 saturated heterocycles. The number of aromatic nitrogens is 6. The lowest BCUT2D eigenvalue weighted by atomic mass is 9.72. The molecule has 9 nitrogen and oxygen atoms in total. The SMILES string of the molecule is O=C1Nc2nc(-c3cn4ncnc4c(CCCC(F)(F)F)n3)[nH]c(=O)c2C1(c1ccc(F)cc1)C1CC1. The van der Waals surface area contributed by atoms with Crippen molar-refractivity contribution in [2.75, 3.05) is 5.32 Å². The van der Waals surface area contributed by atoms with Crippen LogP contribution in [0.2, 0.25) is 0 Å². The Morgan fingerprint density at radius 2 is 1.86 bits per heavy atom. The van der Waals surface area contributed by atoms with E-state index in [-0.39, 0.29) is 47.4 Å². The van der Waals surface area contributed by atoms with Crippen LogP contribution in [0.1, 0.15) is 42.5 Å². The molecule has 0 bridgehead atoms. The molecule has 2 aliphatic rings. The molecule has 1 amide bonds. The first-order chi connectivity index (χ1) is 17.7. The van der Waals surface area contributed by atoms with Crippen molar-refractivity contribution in [2.45, 2.75) is 43.7 Å². The quantitative estimate of drug-likeness (QED) is 0.381. The van der Waals surface area contributed by atoms with Gasteiger partial charge in [-0.25, -0.2) is 23.9 Å². The van der Waals surface area contributed by atoms with Crippen molar-refractivity contribution < 1.29 is 22.4 Å². The molecular weight excluding hydrogens is 494 g/mol. The van der Waals surface area contributed by atoms with Crippen LogP contribution in [0.3, 0.4) is 0 Å². The van der Waals surface area contributed by atoms with Gasteiger partial charge in [0.05, 0.1) is 17.5 Å². The summed E-state index contributed by atoms with van der Waals surface area (Å²) in [6.45, 7) is 0. The van der Waals surface area contributed by atoms with Gasteiger partial charge in [-0.1, -0.05) is 12.1 Å². The van der Waals surface area contributed by atoms with Crippen LogP contribution in [-0.2, 0) is 16.6 Å². The van der Waals surface area contributed by atoms with Gasteiger partial charge in [-0.15, -0.1) is 0 Å². The molecule has 6 rings (SSSR count). The molecule has 1 atom stereocenters. The number of aryl methyl sites for hydroxylation is 1. The second kappa shape index (κ2) is 8.18. The van der Waals surface area contributed by atoms with Crippen molar-refractivity contribution in [1.82, 2.24) is 29.5 Å². The van der Waals surface area contributed by atoms with Crippen LogP contribution in [0.5, 0.6) is 0 Å². The number of hydrogen-bond donors (Lipinski definition) is 2. The summed E-state index contributed by atoms with van der Waals surface area (Å²) in [6, 6.07) is 5.50. The van der Waals surface area contributed by atoms with E-state index in [2.05, 4.69) is 30.4 Å². The molecule has 1 aliphatic carbocycles. The number of benzene rings is 1. The van der Waals surface area contributed by atoms with Gasteiger partial charge in [-0.2, -0.15) is 18.3 Å². The molecule has 1 aromatic carbocycles. The molecule has 4 heterocycles. The van der Waals surface area contributed by atoms with Crippen molar-refractivity contribution in [3.63, 3.8) is 0 Å². The second-order valence-electron chi connectivity index (χ2n) is 9.25. The predicted octanol–water partition coefficient (Wildman–Crippen LogP) is 3.55. The molecule has 37 heavy (non-hydrogen) atoms. The Morgan fingerprint density at radius 1 is 1.11 bits per heavy atom. The summed E-state index contributed by atoms with van der Waals surface area (Å²) in [5.41, 5.74) is -0.483. The molecule has 0 radical (unpaired) electrons. The molecule has 1 saturated carbocycles. The van der Waals surface area contributed by atoms with E-state index in [1.807, 2.05) is 0 Å². The number of anilines is 1. The van der Waals surface area contributed by atoms with E-state index >= 15 is 0 Å². The fourth-order valence-electron chi connectivity index (χ4n) is 5.13. The van der Waals surface area contributed by atoms with Crippen molar-refractivity contribution in [2.24, 2.45) is 5.92 Å². The first-order valence-electron chi connectivity index (χ1n) is 11.7. The van der Waals surface area contributed by atoms with Gasteiger partial charge in [0.1, 0.15) is 29.1 Å². The molecule has 190 valence electrons. The van der Waals surface area contributed by atoms with Crippen molar-refractivity contribution in [3.8, 4) is 11.5 Å². The average molecular weight is 513 g/mol. The maximum atomic E-state index is 13.6. The Morgan fingerprint density at radius 3 is 2.57 bits per heavy atom. The molecule has 4 aromatic rings. The van der Waals surface area contributed by atoms with E-state index in [0.29, 0.717) is 11.2 Å². The zero-order valence-electron chi connectivity index (χ0n) is 19.1. The number of H-pyrrole nitrogens is 1. The number of carbonyl (C=O) groups excluding carboxylic acids is 1. The van der Waals surface area contributed by atoms with Gasteiger partial charge in [0.15, 0.2) is 11.5 Å². The molecule has 1 aliphatic heterocycles. The largest absolute Gasteiger partial charge is 0.389 e. The monoisotopic (exact) mass is 513 g/mol. The molecule has 2 N–H and O–H groups in total.